The first-order chi connectivity index (χ1) is 13.1. The summed E-state index contributed by atoms with van der Waals surface area (Å²) >= 11 is 0. The lowest BCUT2D eigenvalue weighted by molar-refractivity contribution is -0.196. The second-order valence-corrected chi connectivity index (χ2v) is 6.13. The van der Waals surface area contributed by atoms with Crippen molar-refractivity contribution < 1.29 is 24.3 Å². The van der Waals surface area contributed by atoms with Crippen molar-refractivity contribution in [3.05, 3.63) is 65.7 Å². The van der Waals surface area contributed by atoms with Gasteiger partial charge in [0.25, 0.3) is 0 Å². The number of carboxylic acids is 1. The number of carbonyl (C=O) groups excluding carboxylic acids is 1. The maximum Gasteiger partial charge on any atom is 0.329 e. The van der Waals surface area contributed by atoms with E-state index < -0.39 is 12.0 Å². The molecule has 0 unspecified atom stereocenters. The molecule has 0 fully saturated rings. The minimum atomic E-state index is -1.11. The van der Waals surface area contributed by atoms with Crippen molar-refractivity contribution >= 4 is 12.4 Å². The number of carbonyl (C=O) groups is 2. The lowest BCUT2D eigenvalue weighted by Crippen LogP contribution is -2.42. The topological polar surface area (TPSA) is 76.1 Å². The molecule has 1 amide bonds. The van der Waals surface area contributed by atoms with Crippen LogP contribution in [0.3, 0.4) is 0 Å². The van der Waals surface area contributed by atoms with Gasteiger partial charge in [-0.3, -0.25) is 9.63 Å². The van der Waals surface area contributed by atoms with E-state index in [1.807, 2.05) is 37.3 Å². The van der Waals surface area contributed by atoms with Gasteiger partial charge in [-0.25, -0.2) is 9.86 Å². The molecule has 27 heavy (non-hydrogen) atoms. The van der Waals surface area contributed by atoms with E-state index in [0.29, 0.717) is 25.4 Å². The Bertz CT molecular complexity index is 702. The lowest BCUT2D eigenvalue weighted by Gasteiger charge is -2.24. The molecule has 0 aliphatic heterocycles. The summed E-state index contributed by atoms with van der Waals surface area (Å²) in [6.07, 6.45) is 2.23. The van der Waals surface area contributed by atoms with Gasteiger partial charge < -0.3 is 9.84 Å². The highest BCUT2D eigenvalue weighted by molar-refractivity contribution is 5.76. The van der Waals surface area contributed by atoms with E-state index in [0.717, 1.165) is 29.0 Å². The second kappa shape index (κ2) is 11.0. The molecule has 2 aromatic rings. The van der Waals surface area contributed by atoms with Crippen LogP contribution in [0.2, 0.25) is 0 Å². The molecule has 1 atom stereocenters. The predicted octanol–water partition coefficient (Wildman–Crippen LogP) is 3.45. The Kier molecular flexibility index (Phi) is 8.32. The third-order valence-corrected chi connectivity index (χ3v) is 4.04. The summed E-state index contributed by atoms with van der Waals surface area (Å²) in [5, 5.41) is 10.3. The number of hydroxylamine groups is 2. The van der Waals surface area contributed by atoms with Crippen LogP contribution in [0.25, 0.3) is 0 Å². The molecular weight excluding hydrogens is 346 g/mol. The zero-order chi connectivity index (χ0) is 19.5. The zero-order valence-electron chi connectivity index (χ0n) is 15.4. The lowest BCUT2D eigenvalue weighted by atomic mass is 10.1. The van der Waals surface area contributed by atoms with Crippen LogP contribution in [-0.4, -0.2) is 35.2 Å². The van der Waals surface area contributed by atoms with Crippen molar-refractivity contribution in [1.29, 1.82) is 0 Å². The van der Waals surface area contributed by atoms with Crippen LogP contribution in [0, 0.1) is 0 Å². The van der Waals surface area contributed by atoms with Gasteiger partial charge in [0.2, 0.25) is 6.41 Å². The van der Waals surface area contributed by atoms with Gasteiger partial charge in [-0.05, 0) is 29.7 Å². The summed E-state index contributed by atoms with van der Waals surface area (Å²) in [6.45, 7) is 2.76. The molecule has 0 aromatic heterocycles. The highest BCUT2D eigenvalue weighted by Crippen LogP contribution is 2.17. The molecule has 6 nitrogen and oxygen atoms in total. The molecule has 0 heterocycles. The van der Waals surface area contributed by atoms with E-state index in [2.05, 4.69) is 0 Å². The fourth-order valence-corrected chi connectivity index (χ4v) is 2.48. The molecule has 0 aliphatic rings. The van der Waals surface area contributed by atoms with Crippen LogP contribution in [0.15, 0.2) is 54.6 Å². The van der Waals surface area contributed by atoms with Crippen LogP contribution >= 0.6 is 0 Å². The first kappa shape index (κ1) is 20.5. The van der Waals surface area contributed by atoms with E-state index in [4.69, 9.17) is 9.57 Å². The summed E-state index contributed by atoms with van der Waals surface area (Å²) in [7, 11) is 0. The van der Waals surface area contributed by atoms with Crippen molar-refractivity contribution in [1.82, 2.24) is 5.06 Å². The third kappa shape index (κ3) is 6.75. The fourth-order valence-electron chi connectivity index (χ4n) is 2.48. The van der Waals surface area contributed by atoms with E-state index >= 15 is 0 Å². The van der Waals surface area contributed by atoms with Gasteiger partial charge >= 0.3 is 5.97 Å². The van der Waals surface area contributed by atoms with E-state index in [9.17, 15) is 14.7 Å². The number of hydrogen-bond donors (Lipinski definition) is 1. The predicted molar refractivity (Wildman–Crippen MR) is 101 cm³/mol. The SMILES string of the molecule is CCCCON(C=O)[C@@H](Cc1ccc(OCc2ccccc2)cc1)C(=O)O. The fraction of sp³-hybridized carbons (Fsp3) is 0.333. The maximum atomic E-state index is 11.6. The number of aliphatic carboxylic acids is 1. The Morgan fingerprint density at radius 3 is 2.41 bits per heavy atom. The number of amides is 1. The van der Waals surface area contributed by atoms with Crippen molar-refractivity contribution in [2.45, 2.75) is 38.8 Å². The quantitative estimate of drug-likeness (QED) is 0.351. The minimum Gasteiger partial charge on any atom is -0.489 e. The molecule has 0 radical (unpaired) electrons. The van der Waals surface area contributed by atoms with Crippen molar-refractivity contribution in [3.63, 3.8) is 0 Å². The van der Waals surface area contributed by atoms with Gasteiger partial charge in [-0.1, -0.05) is 55.8 Å². The van der Waals surface area contributed by atoms with Crippen molar-refractivity contribution in [3.8, 4) is 5.75 Å². The van der Waals surface area contributed by atoms with Crippen LogP contribution in [0.4, 0.5) is 0 Å². The summed E-state index contributed by atoms with van der Waals surface area (Å²) in [4.78, 5) is 28.1. The Labute approximate surface area is 159 Å². The Morgan fingerprint density at radius 1 is 1.11 bits per heavy atom. The number of unbranched alkanes of at least 4 members (excludes halogenated alkanes) is 1. The van der Waals surface area contributed by atoms with E-state index in [1.54, 1.807) is 24.3 Å². The van der Waals surface area contributed by atoms with E-state index in [-0.39, 0.29) is 6.42 Å². The molecule has 6 heteroatoms. The molecule has 1 N–H and O–H groups in total. The number of carboxylic acid groups (broad SMARTS) is 1. The molecule has 2 rings (SSSR count). The zero-order valence-corrected chi connectivity index (χ0v) is 15.4. The maximum absolute atomic E-state index is 11.6. The van der Waals surface area contributed by atoms with Crippen molar-refractivity contribution in [2.75, 3.05) is 6.61 Å². The van der Waals surface area contributed by atoms with E-state index in [1.165, 1.54) is 0 Å². The molecule has 0 aliphatic carbocycles. The average Bonchev–Trinajstić information content (AvgIpc) is 2.70. The largest absolute Gasteiger partial charge is 0.489 e. The molecule has 0 spiro atoms. The smallest absolute Gasteiger partial charge is 0.329 e. The highest BCUT2D eigenvalue weighted by Gasteiger charge is 2.26. The van der Waals surface area contributed by atoms with Crippen molar-refractivity contribution in [2.24, 2.45) is 0 Å². The molecule has 0 bridgehead atoms. The van der Waals surface area contributed by atoms with Gasteiger partial charge in [0, 0.05) is 6.42 Å². The summed E-state index contributed by atoms with van der Waals surface area (Å²) < 4.78 is 5.73. The number of nitrogens with zero attached hydrogens (tertiary/aromatic N) is 1. The first-order valence-electron chi connectivity index (χ1n) is 8.99. The molecule has 2 aromatic carbocycles. The number of hydrogen-bond acceptors (Lipinski definition) is 4. The number of ether oxygens (including phenoxy) is 1. The van der Waals surface area contributed by atoms with Gasteiger partial charge in [0.1, 0.15) is 12.4 Å². The summed E-state index contributed by atoms with van der Waals surface area (Å²) in [6, 6.07) is 15.9. The molecule has 0 saturated carbocycles. The Hall–Kier alpha value is -2.86. The molecular formula is C21H25NO5. The first-order valence-corrected chi connectivity index (χ1v) is 8.99. The summed E-state index contributed by atoms with van der Waals surface area (Å²) in [5.74, 6) is -0.413. The van der Waals surface area contributed by atoms with Crippen LogP contribution in [0.5, 0.6) is 5.75 Å². The summed E-state index contributed by atoms with van der Waals surface area (Å²) in [5.41, 5.74) is 1.85. The van der Waals surface area contributed by atoms with Crippen LogP contribution in [0.1, 0.15) is 30.9 Å². The van der Waals surface area contributed by atoms with Gasteiger partial charge in [0.15, 0.2) is 6.04 Å². The van der Waals surface area contributed by atoms with Crippen LogP contribution < -0.4 is 4.74 Å². The average molecular weight is 371 g/mol. The highest BCUT2D eigenvalue weighted by atomic mass is 16.7. The Morgan fingerprint density at radius 2 is 1.81 bits per heavy atom. The van der Waals surface area contributed by atoms with Gasteiger partial charge in [-0.2, -0.15) is 0 Å². The molecule has 144 valence electrons. The van der Waals surface area contributed by atoms with Crippen LogP contribution in [-0.2, 0) is 27.5 Å². The Balaban J connectivity index is 1.95. The molecule has 0 saturated heterocycles. The number of rotatable bonds is 12. The third-order valence-electron chi connectivity index (χ3n) is 4.04. The second-order valence-electron chi connectivity index (χ2n) is 6.13. The monoisotopic (exact) mass is 371 g/mol. The minimum absolute atomic E-state index is 0.152. The normalized spacial score (nSPS) is 11.6. The number of benzene rings is 2. The van der Waals surface area contributed by atoms with Gasteiger partial charge in [-0.15, -0.1) is 0 Å². The standard InChI is InChI=1S/C21H25NO5/c1-2-3-13-27-22(16-23)20(21(24)25)14-17-9-11-19(12-10-17)26-15-18-7-5-4-6-8-18/h4-12,16,20H,2-3,13-15H2,1H3,(H,24,25)/t20-/m0/s1. The van der Waals surface area contributed by atoms with Gasteiger partial charge in [0.05, 0.1) is 6.61 Å².